The van der Waals surface area contributed by atoms with Crippen LogP contribution < -0.4 is 4.74 Å². The smallest absolute Gasteiger partial charge is 0.311 e. The molecule has 0 bridgehead atoms. The summed E-state index contributed by atoms with van der Waals surface area (Å²) < 4.78 is 5.71. The molecule has 5 nitrogen and oxygen atoms in total. The van der Waals surface area contributed by atoms with Gasteiger partial charge >= 0.3 is 5.69 Å². The van der Waals surface area contributed by atoms with Crippen LogP contribution in [0.2, 0.25) is 0 Å². The Labute approximate surface area is 134 Å². The first-order valence-electron chi connectivity index (χ1n) is 7.69. The zero-order valence-corrected chi connectivity index (χ0v) is 12.9. The predicted molar refractivity (Wildman–Crippen MR) is 86.3 cm³/mol. The van der Waals surface area contributed by atoms with Crippen LogP contribution in [0.4, 0.5) is 5.69 Å². The van der Waals surface area contributed by atoms with E-state index in [-0.39, 0.29) is 24.7 Å². The van der Waals surface area contributed by atoms with Crippen LogP contribution in [0.15, 0.2) is 42.5 Å². The highest BCUT2D eigenvalue weighted by molar-refractivity contribution is 5.54. The third kappa shape index (κ3) is 3.35. The van der Waals surface area contributed by atoms with Gasteiger partial charge in [-0.15, -0.1) is 0 Å². The van der Waals surface area contributed by atoms with Gasteiger partial charge in [0.1, 0.15) is 6.61 Å². The highest BCUT2D eigenvalue weighted by Gasteiger charge is 2.37. The predicted octanol–water partition coefficient (Wildman–Crippen LogP) is 3.79. The number of hydrogen-bond donors (Lipinski definition) is 1. The molecule has 0 aromatic heterocycles. The molecular weight excluding hydrogens is 294 g/mol. The monoisotopic (exact) mass is 313 g/mol. The first-order chi connectivity index (χ1) is 11.1. The molecule has 1 fully saturated rings. The number of aliphatic hydroxyl groups is 1. The van der Waals surface area contributed by atoms with Crippen molar-refractivity contribution in [3.63, 3.8) is 0 Å². The van der Waals surface area contributed by atoms with Gasteiger partial charge in [-0.3, -0.25) is 10.1 Å². The van der Waals surface area contributed by atoms with Crippen molar-refractivity contribution < 1.29 is 14.8 Å². The van der Waals surface area contributed by atoms with Gasteiger partial charge in [0.25, 0.3) is 0 Å². The minimum atomic E-state index is -0.459. The quantitative estimate of drug-likeness (QED) is 0.650. The molecule has 5 heteroatoms. The molecule has 120 valence electrons. The van der Waals surface area contributed by atoms with E-state index in [4.69, 9.17) is 4.74 Å². The number of benzene rings is 2. The lowest BCUT2D eigenvalue weighted by atomic mass is 10.0. The Morgan fingerprint density at radius 1 is 1.30 bits per heavy atom. The van der Waals surface area contributed by atoms with Gasteiger partial charge in [-0.05, 0) is 41.0 Å². The Balaban J connectivity index is 1.91. The van der Waals surface area contributed by atoms with Crippen molar-refractivity contribution in [3.05, 3.63) is 69.3 Å². The van der Waals surface area contributed by atoms with Crippen LogP contribution in [-0.2, 0) is 13.2 Å². The van der Waals surface area contributed by atoms with Crippen molar-refractivity contribution in [1.82, 2.24) is 0 Å². The number of aliphatic hydroxyl groups excluding tert-OH is 1. The van der Waals surface area contributed by atoms with E-state index in [0.717, 1.165) is 17.5 Å². The molecule has 1 unspecified atom stereocenters. The first kappa shape index (κ1) is 15.5. The number of hydrogen-bond acceptors (Lipinski definition) is 4. The van der Waals surface area contributed by atoms with Crippen molar-refractivity contribution in [3.8, 4) is 5.75 Å². The van der Waals surface area contributed by atoms with E-state index in [2.05, 4.69) is 6.92 Å². The zero-order chi connectivity index (χ0) is 16.4. The summed E-state index contributed by atoms with van der Waals surface area (Å²) in [6.45, 7) is 2.22. The molecular formula is C18H19NO4. The topological polar surface area (TPSA) is 72.6 Å². The molecule has 1 aliphatic rings. The van der Waals surface area contributed by atoms with Crippen molar-refractivity contribution in [2.75, 3.05) is 0 Å². The highest BCUT2D eigenvalue weighted by atomic mass is 16.6. The molecule has 23 heavy (non-hydrogen) atoms. The van der Waals surface area contributed by atoms with Crippen LogP contribution >= 0.6 is 0 Å². The molecule has 2 aromatic carbocycles. The summed E-state index contributed by atoms with van der Waals surface area (Å²) in [5.41, 5.74) is 2.45. The lowest BCUT2D eigenvalue weighted by Gasteiger charge is -2.12. The fraction of sp³-hybridized carbons (Fsp3) is 0.333. The molecule has 0 radical (unpaired) electrons. The van der Waals surface area contributed by atoms with E-state index in [1.807, 2.05) is 30.3 Å². The summed E-state index contributed by atoms with van der Waals surface area (Å²) in [5, 5.41) is 20.8. The molecule has 1 aliphatic carbocycles. The van der Waals surface area contributed by atoms with Crippen molar-refractivity contribution in [1.29, 1.82) is 0 Å². The lowest BCUT2D eigenvalue weighted by molar-refractivity contribution is -0.386. The summed E-state index contributed by atoms with van der Waals surface area (Å²) in [4.78, 5) is 10.8. The standard InChI is InChI=1S/C18H19NO4/c1-12-7-15(12)16-9-18(17(19(21)22)8-14(16)10-20)23-11-13-5-3-2-4-6-13/h2-6,8-9,12,15,20H,7,10-11H2,1H3/t12?,15-/m0/s1. The summed E-state index contributed by atoms with van der Waals surface area (Å²) in [6.07, 6.45) is 1.04. The maximum absolute atomic E-state index is 11.3. The maximum Gasteiger partial charge on any atom is 0.311 e. The van der Waals surface area contributed by atoms with E-state index in [0.29, 0.717) is 17.4 Å². The van der Waals surface area contributed by atoms with Crippen LogP contribution in [0.3, 0.4) is 0 Å². The number of nitrogens with zero attached hydrogens (tertiary/aromatic N) is 1. The minimum absolute atomic E-state index is 0.0953. The molecule has 2 atom stereocenters. The van der Waals surface area contributed by atoms with Crippen molar-refractivity contribution >= 4 is 5.69 Å². The van der Waals surface area contributed by atoms with Crippen LogP contribution in [0.25, 0.3) is 0 Å². The van der Waals surface area contributed by atoms with Gasteiger partial charge in [0.15, 0.2) is 5.75 Å². The number of ether oxygens (including phenoxy) is 1. The largest absolute Gasteiger partial charge is 0.482 e. The Morgan fingerprint density at radius 2 is 2.00 bits per heavy atom. The van der Waals surface area contributed by atoms with E-state index < -0.39 is 4.92 Å². The zero-order valence-electron chi connectivity index (χ0n) is 12.9. The van der Waals surface area contributed by atoms with Gasteiger partial charge in [0.2, 0.25) is 0 Å². The van der Waals surface area contributed by atoms with Gasteiger partial charge in [-0.1, -0.05) is 37.3 Å². The Morgan fingerprint density at radius 3 is 2.57 bits per heavy atom. The van der Waals surface area contributed by atoms with Gasteiger partial charge in [-0.2, -0.15) is 0 Å². The Bertz CT molecular complexity index is 714. The van der Waals surface area contributed by atoms with Gasteiger partial charge in [0, 0.05) is 6.07 Å². The van der Waals surface area contributed by atoms with E-state index >= 15 is 0 Å². The molecule has 0 amide bonds. The first-order valence-corrected chi connectivity index (χ1v) is 7.69. The van der Waals surface area contributed by atoms with Crippen LogP contribution in [0, 0.1) is 16.0 Å². The van der Waals surface area contributed by atoms with Crippen molar-refractivity contribution in [2.45, 2.75) is 32.5 Å². The molecule has 3 rings (SSSR count). The van der Waals surface area contributed by atoms with E-state index in [9.17, 15) is 15.2 Å². The van der Waals surface area contributed by atoms with Gasteiger partial charge < -0.3 is 9.84 Å². The molecule has 0 spiro atoms. The van der Waals surface area contributed by atoms with Crippen LogP contribution in [0.1, 0.15) is 36.0 Å². The summed E-state index contributed by atoms with van der Waals surface area (Å²) in [7, 11) is 0. The number of nitro benzene ring substituents is 1. The van der Waals surface area contributed by atoms with Crippen LogP contribution in [-0.4, -0.2) is 10.0 Å². The van der Waals surface area contributed by atoms with E-state index in [1.54, 1.807) is 6.07 Å². The molecule has 0 aliphatic heterocycles. The Kier molecular flexibility index (Phi) is 4.30. The second kappa shape index (κ2) is 6.38. The number of rotatable bonds is 6. The van der Waals surface area contributed by atoms with Crippen molar-refractivity contribution in [2.24, 2.45) is 5.92 Å². The maximum atomic E-state index is 11.3. The third-order valence-electron chi connectivity index (χ3n) is 4.33. The summed E-state index contributed by atoms with van der Waals surface area (Å²) in [6, 6.07) is 12.7. The minimum Gasteiger partial charge on any atom is -0.482 e. The summed E-state index contributed by atoms with van der Waals surface area (Å²) >= 11 is 0. The Hall–Kier alpha value is -2.40. The van der Waals surface area contributed by atoms with Gasteiger partial charge in [-0.25, -0.2) is 0 Å². The average Bonchev–Trinajstić information content (AvgIpc) is 3.29. The highest BCUT2D eigenvalue weighted by Crippen LogP contribution is 2.50. The second-order valence-corrected chi connectivity index (χ2v) is 6.03. The molecule has 0 heterocycles. The normalized spacial score (nSPS) is 19.4. The SMILES string of the molecule is CC1C[C@@H]1c1cc(OCc2ccccc2)c([N+](=O)[O-])cc1CO. The van der Waals surface area contributed by atoms with Gasteiger partial charge in [0.05, 0.1) is 11.5 Å². The molecule has 2 aromatic rings. The molecule has 0 saturated heterocycles. The molecule has 1 saturated carbocycles. The number of nitro groups is 1. The van der Waals surface area contributed by atoms with Crippen LogP contribution in [0.5, 0.6) is 5.75 Å². The third-order valence-corrected chi connectivity index (χ3v) is 4.33. The fourth-order valence-corrected chi connectivity index (χ4v) is 2.86. The summed E-state index contributed by atoms with van der Waals surface area (Å²) in [5.74, 6) is 1.17. The second-order valence-electron chi connectivity index (χ2n) is 6.03. The average molecular weight is 313 g/mol. The molecule has 1 N–H and O–H groups in total. The van der Waals surface area contributed by atoms with E-state index in [1.165, 1.54) is 6.07 Å². The fourth-order valence-electron chi connectivity index (χ4n) is 2.86. The lowest BCUT2D eigenvalue weighted by Crippen LogP contribution is -2.03.